The van der Waals surface area contributed by atoms with Gasteiger partial charge >= 0.3 is 11.9 Å². The van der Waals surface area contributed by atoms with Crippen LogP contribution >= 0.6 is 0 Å². The normalized spacial score (nSPS) is 13.6. The van der Waals surface area contributed by atoms with E-state index >= 15 is 0 Å². The van der Waals surface area contributed by atoms with Gasteiger partial charge in [-0.2, -0.15) is 0 Å². The number of carboxylic acid groups (broad SMARTS) is 1. The van der Waals surface area contributed by atoms with E-state index in [2.05, 4.69) is 184 Å². The fraction of sp³-hybridized carbons (Fsp3) is 0.663. The Morgan fingerprint density at radius 3 is 0.842 bits per heavy atom. The number of carboxylic acids is 1. The van der Waals surface area contributed by atoms with Crippen LogP contribution in [0.25, 0.3) is 0 Å². The highest BCUT2D eigenvalue weighted by atomic mass is 16.7. The fourth-order valence-electron chi connectivity index (χ4n) is 11.2. The Balaban J connectivity index is 4.13. The van der Waals surface area contributed by atoms with Crippen LogP contribution in [-0.4, -0.2) is 82.3 Å². The lowest BCUT2D eigenvalue weighted by molar-refractivity contribution is -0.870. The Morgan fingerprint density at radius 2 is 0.564 bits per heavy atom. The van der Waals surface area contributed by atoms with Gasteiger partial charge in [0.25, 0.3) is 0 Å². The maximum Gasteiger partial charge on any atom is 0.306 e. The van der Waals surface area contributed by atoms with E-state index < -0.39 is 24.3 Å². The SMILES string of the molecule is CC/C=C\C/C=C\C/C=C\C/C=C\C/C=C\C/C=C\C/C=C\C/C=C\C/C=C\C/C=C\C/C=C\C/C=C\CCCCCCC(=O)OC(COC(=O)CCCCCCCCCCCCCCCCCCCCCCCCC/C=C\C/C=C\CCCCCCC)COC(OCC[N+](C)(C)C)C(=O)[O-]. The molecule has 0 rings (SSSR count). The Bertz CT molecular complexity index is 2280. The Labute approximate surface area is 622 Å². The second-order valence-corrected chi connectivity index (χ2v) is 28.3. The predicted molar refractivity (Wildman–Crippen MR) is 435 cm³/mol. The van der Waals surface area contributed by atoms with Crippen molar-refractivity contribution in [3.8, 4) is 0 Å². The van der Waals surface area contributed by atoms with Crippen LogP contribution in [0.3, 0.4) is 0 Å². The number of likely N-dealkylation sites (N-methyl/N-ethyl adjacent to an activating group) is 1. The van der Waals surface area contributed by atoms with Crippen molar-refractivity contribution in [2.75, 3.05) is 47.5 Å². The van der Waals surface area contributed by atoms with Gasteiger partial charge in [0.2, 0.25) is 0 Å². The maximum atomic E-state index is 13.0. The van der Waals surface area contributed by atoms with E-state index in [0.29, 0.717) is 17.4 Å². The van der Waals surface area contributed by atoms with Crippen LogP contribution in [0.2, 0.25) is 0 Å². The van der Waals surface area contributed by atoms with E-state index in [0.717, 1.165) is 128 Å². The molecule has 2 unspecified atom stereocenters. The maximum absolute atomic E-state index is 13.0. The zero-order chi connectivity index (χ0) is 73.2. The summed E-state index contributed by atoms with van der Waals surface area (Å²) in [5.41, 5.74) is 0. The number of rotatable bonds is 75. The summed E-state index contributed by atoms with van der Waals surface area (Å²) >= 11 is 0. The molecule has 9 nitrogen and oxygen atoms in total. The second kappa shape index (κ2) is 80.3. The quantitative estimate of drug-likeness (QED) is 0.0195. The lowest BCUT2D eigenvalue weighted by Crippen LogP contribution is -2.44. The molecule has 0 aromatic heterocycles. The van der Waals surface area contributed by atoms with Crippen LogP contribution in [0.4, 0.5) is 0 Å². The summed E-state index contributed by atoms with van der Waals surface area (Å²) in [6.45, 7) is 4.61. The molecule has 0 heterocycles. The third-order valence-corrected chi connectivity index (χ3v) is 17.4. The van der Waals surface area contributed by atoms with Crippen molar-refractivity contribution in [1.29, 1.82) is 0 Å². The number of esters is 2. The van der Waals surface area contributed by atoms with Crippen LogP contribution < -0.4 is 5.11 Å². The van der Waals surface area contributed by atoms with Crippen LogP contribution in [0.15, 0.2) is 170 Å². The molecule has 0 aliphatic carbocycles. The van der Waals surface area contributed by atoms with Crippen molar-refractivity contribution < 1.29 is 42.9 Å². The van der Waals surface area contributed by atoms with E-state index in [1.54, 1.807) is 0 Å². The first kappa shape index (κ1) is 95.6. The van der Waals surface area contributed by atoms with Crippen molar-refractivity contribution in [3.05, 3.63) is 170 Å². The number of unbranched alkanes of at least 4 members (excludes halogenated alkanes) is 32. The van der Waals surface area contributed by atoms with Gasteiger partial charge < -0.3 is 33.3 Å². The first-order valence-electron chi connectivity index (χ1n) is 41.3. The minimum absolute atomic E-state index is 0.135. The average molecular weight is 1400 g/mol. The van der Waals surface area contributed by atoms with Gasteiger partial charge in [0, 0.05) is 12.8 Å². The molecule has 0 saturated heterocycles. The number of ether oxygens (including phenoxy) is 4. The zero-order valence-corrected chi connectivity index (χ0v) is 65.7. The number of hydrogen-bond acceptors (Lipinski definition) is 8. The summed E-state index contributed by atoms with van der Waals surface area (Å²) in [6.07, 6.45) is 118. The third kappa shape index (κ3) is 81.8. The minimum atomic E-state index is -1.64. The summed E-state index contributed by atoms with van der Waals surface area (Å²) in [4.78, 5) is 37.6. The monoisotopic (exact) mass is 1400 g/mol. The Hall–Kier alpha value is -5.35. The molecule has 574 valence electrons. The highest BCUT2D eigenvalue weighted by Gasteiger charge is 2.22. The van der Waals surface area contributed by atoms with Gasteiger partial charge in [-0.15, -0.1) is 0 Å². The predicted octanol–water partition coefficient (Wildman–Crippen LogP) is 25.6. The molecule has 0 saturated carbocycles. The smallest absolute Gasteiger partial charge is 0.306 e. The molecule has 101 heavy (non-hydrogen) atoms. The highest BCUT2D eigenvalue weighted by molar-refractivity contribution is 5.70. The highest BCUT2D eigenvalue weighted by Crippen LogP contribution is 2.18. The van der Waals surface area contributed by atoms with E-state index in [9.17, 15) is 19.5 Å². The van der Waals surface area contributed by atoms with Gasteiger partial charge in [0.15, 0.2) is 12.4 Å². The van der Waals surface area contributed by atoms with Crippen LogP contribution in [0, 0.1) is 0 Å². The summed E-state index contributed by atoms with van der Waals surface area (Å²) in [5.74, 6) is -2.32. The number of hydrogen-bond donors (Lipinski definition) is 0. The van der Waals surface area contributed by atoms with E-state index in [1.165, 1.54) is 173 Å². The number of quaternary nitrogens is 1. The second-order valence-electron chi connectivity index (χ2n) is 28.3. The van der Waals surface area contributed by atoms with Crippen molar-refractivity contribution in [1.82, 2.24) is 0 Å². The van der Waals surface area contributed by atoms with Gasteiger partial charge in [-0.1, -0.05) is 357 Å². The first-order chi connectivity index (χ1) is 49.6. The number of allylic oxidation sites excluding steroid dienone is 28. The third-order valence-electron chi connectivity index (χ3n) is 17.4. The van der Waals surface area contributed by atoms with Crippen molar-refractivity contribution >= 4 is 17.9 Å². The molecule has 0 radical (unpaired) electrons. The van der Waals surface area contributed by atoms with E-state index in [1.807, 2.05) is 21.1 Å². The van der Waals surface area contributed by atoms with Crippen LogP contribution in [0.1, 0.15) is 335 Å². The molecule has 0 aromatic carbocycles. The van der Waals surface area contributed by atoms with Crippen LogP contribution in [0.5, 0.6) is 0 Å². The average Bonchev–Trinajstić information content (AvgIpc) is 1.21. The van der Waals surface area contributed by atoms with Crippen molar-refractivity contribution in [2.24, 2.45) is 0 Å². The number of aliphatic carboxylic acids is 1. The first-order valence-corrected chi connectivity index (χ1v) is 41.3. The molecule has 9 heteroatoms. The van der Waals surface area contributed by atoms with Gasteiger partial charge in [0.05, 0.1) is 40.3 Å². The Kier molecular flexibility index (Phi) is 76.1. The molecule has 0 amide bonds. The van der Waals surface area contributed by atoms with Crippen molar-refractivity contribution in [2.45, 2.75) is 347 Å². The number of nitrogens with zero attached hydrogens (tertiary/aromatic N) is 1. The molecule has 0 aliphatic rings. The molecule has 2 atom stereocenters. The van der Waals surface area contributed by atoms with Crippen molar-refractivity contribution in [3.63, 3.8) is 0 Å². The molecule has 0 bridgehead atoms. The minimum Gasteiger partial charge on any atom is -0.545 e. The summed E-state index contributed by atoms with van der Waals surface area (Å²) in [6, 6.07) is 0. The van der Waals surface area contributed by atoms with Gasteiger partial charge in [-0.3, -0.25) is 9.59 Å². The van der Waals surface area contributed by atoms with Gasteiger partial charge in [-0.05, 0) is 135 Å². The van der Waals surface area contributed by atoms with E-state index in [-0.39, 0.29) is 38.6 Å². The summed E-state index contributed by atoms with van der Waals surface area (Å²) in [5, 5.41) is 11.9. The topological polar surface area (TPSA) is 111 Å². The number of carbonyl (C=O) groups is 3. The lowest BCUT2D eigenvalue weighted by atomic mass is 10.0. The molecule has 0 N–H and O–H groups in total. The molecule has 0 aromatic rings. The van der Waals surface area contributed by atoms with Crippen LogP contribution in [-0.2, 0) is 33.3 Å². The lowest BCUT2D eigenvalue weighted by Gasteiger charge is -2.26. The largest absolute Gasteiger partial charge is 0.545 e. The van der Waals surface area contributed by atoms with Gasteiger partial charge in [0.1, 0.15) is 13.2 Å². The van der Waals surface area contributed by atoms with E-state index in [4.69, 9.17) is 18.9 Å². The zero-order valence-electron chi connectivity index (χ0n) is 65.7. The summed E-state index contributed by atoms with van der Waals surface area (Å²) in [7, 11) is 5.92. The molecule has 0 spiro atoms. The molecular weight excluding hydrogens is 1250 g/mol. The molecule has 0 aliphatic heterocycles. The standard InChI is InChI=1S/C92H153NO8/c1-6-8-10-12-14-16-18-20-22-24-26-28-30-32-34-36-38-40-42-43-44-45-46-47-49-51-53-55-57-59-61-63-65-67-69-71-73-75-77-79-81-83-90(95)101-88(87-100-92(91(96)97)98-85-84-93(3,4)5)86-99-89(94)82-80-78-76-74-72-70-68-66-64-62-60-58-56-54-52-50-48-41-39-37-35-33-31-29-27-25-23-21-19-17-15-13-11-9-7-2/h8,10,14,16,19-22,25-28,32,34,38,40,43-44,46-47,51,53,57,59,63,65,69,71,88,92H,6-7,9,11-13,15,17-18,23-24,29-31,33,35-37,39,41-42,45,48-50,52,54-56,58,60-62,64,66-68,70,72-87H2,1-5H3/b10-8-,16-14-,21-19-,22-20-,27-25-,28-26-,34-32-,40-38-,44-43-,47-46-,53-51-,59-57-,65-63-,71-69-. The molecule has 0 fully saturated rings. The fourth-order valence-corrected chi connectivity index (χ4v) is 11.2. The number of carbonyl (C=O) groups excluding carboxylic acids is 3. The van der Waals surface area contributed by atoms with Gasteiger partial charge in [-0.25, -0.2) is 0 Å². The Morgan fingerprint density at radius 1 is 0.307 bits per heavy atom. The molecular formula is C92H153NO8. The summed E-state index contributed by atoms with van der Waals surface area (Å²) < 4.78 is 22.8.